The van der Waals surface area contributed by atoms with Crippen LogP contribution in [0.25, 0.3) is 0 Å². The van der Waals surface area contributed by atoms with E-state index in [1.54, 1.807) is 13.4 Å². The van der Waals surface area contributed by atoms with Crippen molar-refractivity contribution in [3.63, 3.8) is 0 Å². The summed E-state index contributed by atoms with van der Waals surface area (Å²) in [7, 11) is 1.64. The van der Waals surface area contributed by atoms with Crippen molar-refractivity contribution < 1.29 is 9.15 Å². The van der Waals surface area contributed by atoms with E-state index in [2.05, 4.69) is 0 Å². The molecule has 1 aromatic carbocycles. The Labute approximate surface area is 94.8 Å². The van der Waals surface area contributed by atoms with Crippen molar-refractivity contribution in [1.82, 2.24) is 0 Å². The van der Waals surface area contributed by atoms with E-state index in [0.717, 1.165) is 22.6 Å². The van der Waals surface area contributed by atoms with Gasteiger partial charge in [0.2, 0.25) is 0 Å². The topological polar surface area (TPSA) is 48.4 Å². The summed E-state index contributed by atoms with van der Waals surface area (Å²) in [5, 5.41) is 0. The fourth-order valence-corrected chi connectivity index (χ4v) is 1.67. The summed E-state index contributed by atoms with van der Waals surface area (Å²) in [5.74, 6) is 1.64. The van der Waals surface area contributed by atoms with Crippen LogP contribution in [0.4, 0.5) is 0 Å². The van der Waals surface area contributed by atoms with Crippen molar-refractivity contribution in [1.29, 1.82) is 0 Å². The second kappa shape index (κ2) is 4.41. The number of ether oxygens (including phenoxy) is 1. The summed E-state index contributed by atoms with van der Waals surface area (Å²) in [5.41, 5.74) is 8.20. The van der Waals surface area contributed by atoms with E-state index in [-0.39, 0.29) is 6.04 Å². The third kappa shape index (κ3) is 1.95. The van der Waals surface area contributed by atoms with E-state index in [1.165, 1.54) is 0 Å². The molecule has 1 unspecified atom stereocenters. The SMILES string of the molecule is COc1ccc(C(N)c2occc2C)cc1. The average molecular weight is 217 g/mol. The molecule has 3 heteroatoms. The predicted octanol–water partition coefficient (Wildman–Crippen LogP) is 2.64. The smallest absolute Gasteiger partial charge is 0.127 e. The number of rotatable bonds is 3. The van der Waals surface area contributed by atoms with Crippen molar-refractivity contribution in [3.05, 3.63) is 53.5 Å². The summed E-state index contributed by atoms with van der Waals surface area (Å²) in [6.07, 6.45) is 1.66. The molecule has 1 atom stereocenters. The highest BCUT2D eigenvalue weighted by molar-refractivity contribution is 5.34. The van der Waals surface area contributed by atoms with Crippen molar-refractivity contribution in [2.45, 2.75) is 13.0 Å². The van der Waals surface area contributed by atoms with Gasteiger partial charge in [-0.25, -0.2) is 0 Å². The zero-order valence-electron chi connectivity index (χ0n) is 9.44. The van der Waals surface area contributed by atoms with Crippen molar-refractivity contribution in [2.75, 3.05) is 7.11 Å². The van der Waals surface area contributed by atoms with Crippen LogP contribution < -0.4 is 10.5 Å². The zero-order valence-corrected chi connectivity index (χ0v) is 9.44. The first-order chi connectivity index (χ1) is 7.72. The maximum Gasteiger partial charge on any atom is 0.127 e. The maximum absolute atomic E-state index is 6.12. The van der Waals surface area contributed by atoms with Gasteiger partial charge in [-0.2, -0.15) is 0 Å². The van der Waals surface area contributed by atoms with Gasteiger partial charge < -0.3 is 14.9 Å². The molecular weight excluding hydrogens is 202 g/mol. The van der Waals surface area contributed by atoms with E-state index >= 15 is 0 Å². The summed E-state index contributed by atoms with van der Waals surface area (Å²) in [6.45, 7) is 1.99. The number of hydrogen-bond donors (Lipinski definition) is 1. The molecule has 0 radical (unpaired) electrons. The Bertz CT molecular complexity index is 459. The number of aryl methyl sites for hydroxylation is 1. The van der Waals surface area contributed by atoms with E-state index in [1.807, 2.05) is 37.3 Å². The molecule has 3 nitrogen and oxygen atoms in total. The minimum Gasteiger partial charge on any atom is -0.497 e. The Kier molecular flexibility index (Phi) is 2.97. The summed E-state index contributed by atoms with van der Waals surface area (Å²) < 4.78 is 10.5. The molecule has 0 fully saturated rings. The molecular formula is C13H15NO2. The van der Waals surface area contributed by atoms with Gasteiger partial charge in [-0.05, 0) is 36.2 Å². The minimum absolute atomic E-state index is 0.221. The van der Waals surface area contributed by atoms with Gasteiger partial charge in [0.1, 0.15) is 11.5 Å². The average Bonchev–Trinajstić information content (AvgIpc) is 2.75. The van der Waals surface area contributed by atoms with Gasteiger partial charge in [0.15, 0.2) is 0 Å². The maximum atomic E-state index is 6.12. The molecule has 0 saturated carbocycles. The lowest BCUT2D eigenvalue weighted by Crippen LogP contribution is -2.11. The van der Waals surface area contributed by atoms with Crippen LogP contribution >= 0.6 is 0 Å². The van der Waals surface area contributed by atoms with Crippen LogP contribution in [-0.4, -0.2) is 7.11 Å². The number of methoxy groups -OCH3 is 1. The van der Waals surface area contributed by atoms with Crippen LogP contribution in [-0.2, 0) is 0 Å². The molecule has 84 valence electrons. The molecule has 0 aliphatic heterocycles. The highest BCUT2D eigenvalue weighted by Crippen LogP contribution is 2.24. The van der Waals surface area contributed by atoms with Gasteiger partial charge >= 0.3 is 0 Å². The zero-order chi connectivity index (χ0) is 11.5. The molecule has 0 aliphatic carbocycles. The lowest BCUT2D eigenvalue weighted by Gasteiger charge is -2.11. The first-order valence-corrected chi connectivity index (χ1v) is 5.16. The fourth-order valence-electron chi connectivity index (χ4n) is 1.67. The molecule has 1 heterocycles. The first-order valence-electron chi connectivity index (χ1n) is 5.16. The Morgan fingerprint density at radius 1 is 1.19 bits per heavy atom. The second-order valence-corrected chi connectivity index (χ2v) is 3.72. The normalized spacial score (nSPS) is 12.4. The van der Waals surface area contributed by atoms with Crippen LogP contribution in [0.3, 0.4) is 0 Å². The number of benzene rings is 1. The molecule has 0 amide bonds. The molecule has 2 aromatic rings. The Morgan fingerprint density at radius 3 is 2.38 bits per heavy atom. The highest BCUT2D eigenvalue weighted by atomic mass is 16.5. The third-order valence-corrected chi connectivity index (χ3v) is 2.66. The lowest BCUT2D eigenvalue weighted by atomic mass is 10.0. The molecule has 0 bridgehead atoms. The lowest BCUT2D eigenvalue weighted by molar-refractivity contribution is 0.414. The van der Waals surface area contributed by atoms with Gasteiger partial charge in [-0.1, -0.05) is 12.1 Å². The second-order valence-electron chi connectivity index (χ2n) is 3.72. The Morgan fingerprint density at radius 2 is 1.88 bits per heavy atom. The van der Waals surface area contributed by atoms with Gasteiger partial charge in [0.05, 0.1) is 19.4 Å². The van der Waals surface area contributed by atoms with Crippen LogP contribution in [0.5, 0.6) is 5.75 Å². The summed E-state index contributed by atoms with van der Waals surface area (Å²) in [4.78, 5) is 0. The third-order valence-electron chi connectivity index (χ3n) is 2.66. The Hall–Kier alpha value is -1.74. The van der Waals surface area contributed by atoms with Crippen LogP contribution in [0.2, 0.25) is 0 Å². The Balaban J connectivity index is 2.27. The van der Waals surface area contributed by atoms with Gasteiger partial charge in [-0.15, -0.1) is 0 Å². The molecule has 2 N–H and O–H groups in total. The number of furan rings is 1. The largest absolute Gasteiger partial charge is 0.497 e. The monoisotopic (exact) mass is 217 g/mol. The number of hydrogen-bond acceptors (Lipinski definition) is 3. The molecule has 0 saturated heterocycles. The van der Waals surface area contributed by atoms with E-state index in [4.69, 9.17) is 14.9 Å². The first kappa shape index (κ1) is 10.8. The minimum atomic E-state index is -0.221. The molecule has 0 spiro atoms. The molecule has 1 aromatic heterocycles. The van der Waals surface area contributed by atoms with E-state index < -0.39 is 0 Å². The van der Waals surface area contributed by atoms with Crippen LogP contribution in [0, 0.1) is 6.92 Å². The fraction of sp³-hybridized carbons (Fsp3) is 0.231. The van der Waals surface area contributed by atoms with Crippen molar-refractivity contribution >= 4 is 0 Å². The molecule has 16 heavy (non-hydrogen) atoms. The molecule has 2 rings (SSSR count). The van der Waals surface area contributed by atoms with Crippen LogP contribution in [0.1, 0.15) is 22.9 Å². The summed E-state index contributed by atoms with van der Waals surface area (Å²) >= 11 is 0. The number of nitrogens with two attached hydrogens (primary N) is 1. The van der Waals surface area contributed by atoms with Crippen molar-refractivity contribution in [2.24, 2.45) is 5.73 Å². The van der Waals surface area contributed by atoms with Crippen molar-refractivity contribution in [3.8, 4) is 5.75 Å². The standard InChI is InChI=1S/C13H15NO2/c1-9-7-8-16-13(9)12(14)10-3-5-11(15-2)6-4-10/h3-8,12H,14H2,1-2H3. The van der Waals surface area contributed by atoms with Gasteiger partial charge in [0, 0.05) is 0 Å². The summed E-state index contributed by atoms with van der Waals surface area (Å²) in [6, 6.07) is 9.39. The van der Waals surface area contributed by atoms with E-state index in [9.17, 15) is 0 Å². The quantitative estimate of drug-likeness (QED) is 0.859. The van der Waals surface area contributed by atoms with E-state index in [0.29, 0.717) is 0 Å². The highest BCUT2D eigenvalue weighted by Gasteiger charge is 2.14. The van der Waals surface area contributed by atoms with Gasteiger partial charge in [-0.3, -0.25) is 0 Å². The molecule has 0 aliphatic rings. The van der Waals surface area contributed by atoms with Gasteiger partial charge in [0.25, 0.3) is 0 Å². The van der Waals surface area contributed by atoms with Crippen LogP contribution in [0.15, 0.2) is 41.0 Å². The predicted molar refractivity (Wildman–Crippen MR) is 62.5 cm³/mol.